The molecular formula is C14H21N3O. The van der Waals surface area contributed by atoms with E-state index in [4.69, 9.17) is 5.73 Å². The first kappa shape index (κ1) is 13.1. The van der Waals surface area contributed by atoms with E-state index in [2.05, 4.69) is 18.9 Å². The average molecular weight is 247 g/mol. The SMILES string of the molecule is CC(C)C1CC(=O)N(c2ccccc2)N1CCN. The molecule has 2 rings (SSSR count). The second kappa shape index (κ2) is 5.50. The number of benzene rings is 1. The molecule has 1 aliphatic heterocycles. The number of hydrazine groups is 1. The molecule has 1 aromatic rings. The van der Waals surface area contributed by atoms with Crippen molar-refractivity contribution in [3.05, 3.63) is 30.3 Å². The Morgan fingerprint density at radius 2 is 2.00 bits per heavy atom. The maximum Gasteiger partial charge on any atom is 0.243 e. The first-order valence-electron chi connectivity index (χ1n) is 6.49. The Labute approximate surface area is 108 Å². The summed E-state index contributed by atoms with van der Waals surface area (Å²) in [5.74, 6) is 0.600. The van der Waals surface area contributed by atoms with E-state index < -0.39 is 0 Å². The number of rotatable bonds is 4. The van der Waals surface area contributed by atoms with E-state index in [1.165, 1.54) is 0 Å². The molecule has 0 aliphatic carbocycles. The van der Waals surface area contributed by atoms with Crippen molar-refractivity contribution in [3.63, 3.8) is 0 Å². The zero-order valence-electron chi connectivity index (χ0n) is 11.0. The fourth-order valence-corrected chi connectivity index (χ4v) is 2.50. The van der Waals surface area contributed by atoms with Gasteiger partial charge in [-0.1, -0.05) is 32.0 Å². The zero-order chi connectivity index (χ0) is 13.1. The van der Waals surface area contributed by atoms with Gasteiger partial charge in [0.15, 0.2) is 0 Å². The second-order valence-corrected chi connectivity index (χ2v) is 5.01. The number of anilines is 1. The van der Waals surface area contributed by atoms with Crippen molar-refractivity contribution in [3.8, 4) is 0 Å². The number of carbonyl (C=O) groups is 1. The molecule has 0 radical (unpaired) electrons. The molecule has 18 heavy (non-hydrogen) atoms. The highest BCUT2D eigenvalue weighted by Gasteiger charge is 2.39. The van der Waals surface area contributed by atoms with Crippen LogP contribution in [-0.2, 0) is 4.79 Å². The van der Waals surface area contributed by atoms with E-state index in [1.54, 1.807) is 5.01 Å². The molecule has 4 nitrogen and oxygen atoms in total. The van der Waals surface area contributed by atoms with Gasteiger partial charge < -0.3 is 5.73 Å². The topological polar surface area (TPSA) is 49.6 Å². The van der Waals surface area contributed by atoms with Crippen LogP contribution in [-0.4, -0.2) is 30.0 Å². The molecule has 1 aromatic carbocycles. The Morgan fingerprint density at radius 1 is 1.33 bits per heavy atom. The van der Waals surface area contributed by atoms with Crippen LogP contribution in [0.3, 0.4) is 0 Å². The van der Waals surface area contributed by atoms with Crippen molar-refractivity contribution in [1.82, 2.24) is 5.01 Å². The number of hydrogen-bond donors (Lipinski definition) is 1. The van der Waals surface area contributed by atoms with Crippen molar-refractivity contribution >= 4 is 11.6 Å². The number of para-hydroxylation sites is 1. The summed E-state index contributed by atoms with van der Waals surface area (Å²) >= 11 is 0. The molecule has 98 valence electrons. The summed E-state index contributed by atoms with van der Waals surface area (Å²) in [6.45, 7) is 5.56. The van der Waals surface area contributed by atoms with Gasteiger partial charge in [0.1, 0.15) is 0 Å². The van der Waals surface area contributed by atoms with Gasteiger partial charge in [0, 0.05) is 25.6 Å². The van der Waals surface area contributed by atoms with Crippen LogP contribution in [0.4, 0.5) is 5.69 Å². The van der Waals surface area contributed by atoms with Gasteiger partial charge in [-0.3, -0.25) is 4.79 Å². The van der Waals surface area contributed by atoms with Gasteiger partial charge in [0.25, 0.3) is 0 Å². The lowest BCUT2D eigenvalue weighted by Gasteiger charge is -2.33. The Bertz CT molecular complexity index is 405. The lowest BCUT2D eigenvalue weighted by molar-refractivity contribution is -0.118. The van der Waals surface area contributed by atoms with Gasteiger partial charge in [-0.15, -0.1) is 0 Å². The zero-order valence-corrected chi connectivity index (χ0v) is 11.0. The second-order valence-electron chi connectivity index (χ2n) is 5.01. The van der Waals surface area contributed by atoms with E-state index in [0.717, 1.165) is 5.69 Å². The third kappa shape index (κ3) is 2.40. The molecule has 0 bridgehead atoms. The van der Waals surface area contributed by atoms with Crippen molar-refractivity contribution < 1.29 is 4.79 Å². The summed E-state index contributed by atoms with van der Waals surface area (Å²) in [5, 5.41) is 3.90. The van der Waals surface area contributed by atoms with Crippen LogP contribution in [0.15, 0.2) is 30.3 Å². The monoisotopic (exact) mass is 247 g/mol. The Hall–Kier alpha value is -1.39. The minimum Gasteiger partial charge on any atom is -0.329 e. The number of hydrogen-bond acceptors (Lipinski definition) is 3. The van der Waals surface area contributed by atoms with Crippen molar-refractivity contribution in [2.45, 2.75) is 26.3 Å². The summed E-state index contributed by atoms with van der Waals surface area (Å²) in [6.07, 6.45) is 0.576. The fourth-order valence-electron chi connectivity index (χ4n) is 2.50. The quantitative estimate of drug-likeness (QED) is 0.879. The molecule has 0 spiro atoms. The molecule has 1 atom stereocenters. The summed E-state index contributed by atoms with van der Waals surface area (Å²) in [4.78, 5) is 12.2. The lowest BCUT2D eigenvalue weighted by atomic mass is 10.0. The summed E-state index contributed by atoms with van der Waals surface area (Å²) in [5.41, 5.74) is 6.61. The Morgan fingerprint density at radius 3 is 2.56 bits per heavy atom. The third-order valence-electron chi connectivity index (χ3n) is 3.39. The Kier molecular flexibility index (Phi) is 3.99. The highest BCUT2D eigenvalue weighted by Crippen LogP contribution is 2.29. The Balaban J connectivity index is 2.30. The molecule has 4 heteroatoms. The summed E-state index contributed by atoms with van der Waals surface area (Å²) in [6, 6.07) is 10.0. The normalized spacial score (nSPS) is 21.0. The molecule has 0 saturated carbocycles. The molecule has 2 N–H and O–H groups in total. The molecule has 0 aromatic heterocycles. The van der Waals surface area contributed by atoms with Crippen LogP contribution in [0.1, 0.15) is 20.3 Å². The molecule has 1 fully saturated rings. The highest BCUT2D eigenvalue weighted by molar-refractivity contribution is 5.94. The van der Waals surface area contributed by atoms with Crippen LogP contribution in [0.5, 0.6) is 0 Å². The first-order valence-corrected chi connectivity index (χ1v) is 6.49. The van der Waals surface area contributed by atoms with Gasteiger partial charge in [0.2, 0.25) is 5.91 Å². The van der Waals surface area contributed by atoms with Gasteiger partial charge in [-0.05, 0) is 18.1 Å². The molecule has 1 unspecified atom stereocenters. The number of amides is 1. The molecule has 1 heterocycles. The van der Waals surface area contributed by atoms with Crippen LogP contribution in [0.25, 0.3) is 0 Å². The highest BCUT2D eigenvalue weighted by atomic mass is 16.2. The van der Waals surface area contributed by atoms with E-state index in [-0.39, 0.29) is 11.9 Å². The van der Waals surface area contributed by atoms with E-state index in [9.17, 15) is 4.79 Å². The maximum absolute atomic E-state index is 12.2. The average Bonchev–Trinajstić information content (AvgIpc) is 2.68. The molecule has 1 aliphatic rings. The number of carbonyl (C=O) groups excluding carboxylic acids is 1. The fraction of sp³-hybridized carbons (Fsp3) is 0.500. The van der Waals surface area contributed by atoms with Crippen LogP contribution in [0, 0.1) is 5.92 Å². The lowest BCUT2D eigenvalue weighted by Crippen LogP contribution is -2.46. The largest absolute Gasteiger partial charge is 0.329 e. The molecule has 1 amide bonds. The van der Waals surface area contributed by atoms with Crippen molar-refractivity contribution in [2.75, 3.05) is 18.1 Å². The summed E-state index contributed by atoms with van der Waals surface area (Å²) in [7, 11) is 0. The first-order chi connectivity index (χ1) is 8.65. The minimum absolute atomic E-state index is 0.161. The predicted octanol–water partition coefficient (Wildman–Crippen LogP) is 1.62. The maximum atomic E-state index is 12.2. The van der Waals surface area contributed by atoms with E-state index >= 15 is 0 Å². The predicted molar refractivity (Wildman–Crippen MR) is 72.9 cm³/mol. The smallest absolute Gasteiger partial charge is 0.243 e. The minimum atomic E-state index is 0.161. The van der Waals surface area contributed by atoms with Gasteiger partial charge >= 0.3 is 0 Å². The van der Waals surface area contributed by atoms with Gasteiger partial charge in [-0.25, -0.2) is 10.0 Å². The standard InChI is InChI=1S/C14H21N3O/c1-11(2)13-10-14(18)17(16(13)9-8-15)12-6-4-3-5-7-12/h3-7,11,13H,8-10,15H2,1-2H3. The van der Waals surface area contributed by atoms with Crippen LogP contribution in [0.2, 0.25) is 0 Å². The van der Waals surface area contributed by atoms with E-state index in [1.807, 2.05) is 30.3 Å². The van der Waals surface area contributed by atoms with Gasteiger partial charge in [0.05, 0.1) is 5.69 Å². The van der Waals surface area contributed by atoms with Crippen LogP contribution < -0.4 is 10.7 Å². The van der Waals surface area contributed by atoms with Gasteiger partial charge in [-0.2, -0.15) is 0 Å². The van der Waals surface area contributed by atoms with Crippen molar-refractivity contribution in [2.24, 2.45) is 11.7 Å². The molecule has 1 saturated heterocycles. The van der Waals surface area contributed by atoms with Crippen molar-refractivity contribution in [1.29, 1.82) is 0 Å². The molecular weight excluding hydrogens is 226 g/mol. The van der Waals surface area contributed by atoms with Crippen LogP contribution >= 0.6 is 0 Å². The van der Waals surface area contributed by atoms with E-state index in [0.29, 0.717) is 25.4 Å². The third-order valence-corrected chi connectivity index (χ3v) is 3.39. The number of nitrogens with two attached hydrogens (primary N) is 1. The number of nitrogens with zero attached hydrogens (tertiary/aromatic N) is 2. The summed E-state index contributed by atoms with van der Waals surface area (Å²) < 4.78 is 0.